The number of carbonyl (C=O) groups is 3. The Morgan fingerprint density at radius 3 is 2.71 bits per heavy atom. The number of carboxylic acid groups (broad SMARTS) is 1. The van der Waals surface area contributed by atoms with E-state index in [0.29, 0.717) is 44.3 Å². The molecular weight excluding hydrogens is 312 g/mol. The molecule has 0 spiro atoms. The van der Waals surface area contributed by atoms with Gasteiger partial charge in [0.25, 0.3) is 0 Å². The number of carboxylic acids is 1. The number of rotatable bonds is 4. The Bertz CT molecular complexity index is 656. The van der Waals surface area contributed by atoms with Crippen LogP contribution in [0.1, 0.15) is 32.1 Å². The summed E-state index contributed by atoms with van der Waals surface area (Å²) in [4.78, 5) is 37.2. The van der Waals surface area contributed by atoms with Crippen molar-refractivity contribution >= 4 is 23.5 Å². The molecule has 2 heterocycles. The molecule has 2 N–H and O–H groups in total. The second kappa shape index (κ2) is 6.62. The lowest BCUT2D eigenvalue weighted by Crippen LogP contribution is -2.47. The minimum atomic E-state index is -0.794. The second-order valence-corrected chi connectivity index (χ2v) is 6.67. The van der Waals surface area contributed by atoms with Crippen molar-refractivity contribution in [2.75, 3.05) is 11.4 Å². The summed E-state index contributed by atoms with van der Waals surface area (Å²) in [5, 5.41) is 16.1. The molecule has 1 aromatic rings. The molecule has 130 valence electrons. The van der Waals surface area contributed by atoms with E-state index in [1.807, 2.05) is 0 Å². The van der Waals surface area contributed by atoms with E-state index in [9.17, 15) is 14.4 Å². The fourth-order valence-corrected chi connectivity index (χ4v) is 3.51. The van der Waals surface area contributed by atoms with Gasteiger partial charge in [-0.05, 0) is 25.7 Å². The van der Waals surface area contributed by atoms with Gasteiger partial charge >= 0.3 is 5.97 Å². The fourth-order valence-electron chi connectivity index (χ4n) is 3.51. The molecular formula is C16H22N4O4. The van der Waals surface area contributed by atoms with Gasteiger partial charge in [0.05, 0.1) is 23.7 Å². The predicted molar refractivity (Wildman–Crippen MR) is 85.2 cm³/mol. The molecule has 3 atom stereocenters. The van der Waals surface area contributed by atoms with Crippen LogP contribution in [-0.4, -0.2) is 45.3 Å². The molecule has 1 aliphatic carbocycles. The standard InChI is InChI=1S/C16H22N4O4/c1-19-9-13(7-17-19)20-8-11(3-5-14(20)21)15(22)18-12-4-2-10(6-12)16(23)24/h7,9-12H,2-6,8H2,1H3,(H,18,22)(H,23,24)/t10-,11?,12+/m0/s1. The number of anilines is 1. The molecule has 1 aliphatic heterocycles. The zero-order valence-electron chi connectivity index (χ0n) is 13.6. The number of hydrogen-bond donors (Lipinski definition) is 2. The van der Waals surface area contributed by atoms with Crippen molar-refractivity contribution in [3.05, 3.63) is 12.4 Å². The summed E-state index contributed by atoms with van der Waals surface area (Å²) in [6.07, 6.45) is 6.01. The molecule has 24 heavy (non-hydrogen) atoms. The van der Waals surface area contributed by atoms with Crippen LogP contribution in [0.5, 0.6) is 0 Å². The highest BCUT2D eigenvalue weighted by molar-refractivity contribution is 5.96. The lowest BCUT2D eigenvalue weighted by atomic mass is 9.96. The van der Waals surface area contributed by atoms with Gasteiger partial charge < -0.3 is 15.3 Å². The van der Waals surface area contributed by atoms with Crippen molar-refractivity contribution in [3.63, 3.8) is 0 Å². The van der Waals surface area contributed by atoms with Crippen LogP contribution in [-0.2, 0) is 21.4 Å². The first-order valence-electron chi connectivity index (χ1n) is 8.26. The van der Waals surface area contributed by atoms with Crippen molar-refractivity contribution in [2.24, 2.45) is 18.9 Å². The number of piperidine rings is 1. The molecule has 1 aromatic heterocycles. The van der Waals surface area contributed by atoms with Crippen LogP contribution in [0.25, 0.3) is 0 Å². The second-order valence-electron chi connectivity index (χ2n) is 6.67. The first-order chi connectivity index (χ1) is 11.4. The van der Waals surface area contributed by atoms with Crippen molar-refractivity contribution in [2.45, 2.75) is 38.1 Å². The lowest BCUT2D eigenvalue weighted by molar-refractivity contribution is -0.141. The highest BCUT2D eigenvalue weighted by atomic mass is 16.4. The average molecular weight is 334 g/mol. The van der Waals surface area contributed by atoms with E-state index in [1.54, 1.807) is 29.0 Å². The Hall–Kier alpha value is -2.38. The van der Waals surface area contributed by atoms with E-state index in [0.717, 1.165) is 0 Å². The minimum Gasteiger partial charge on any atom is -0.481 e. The Balaban J connectivity index is 1.59. The highest BCUT2D eigenvalue weighted by Gasteiger charge is 2.35. The SMILES string of the molecule is Cn1cc(N2CC(C(=O)N[C@@H]3CC[C@H](C(=O)O)C3)CCC2=O)cn1. The van der Waals surface area contributed by atoms with Crippen LogP contribution in [0, 0.1) is 11.8 Å². The molecule has 0 aromatic carbocycles. The molecule has 0 bridgehead atoms. The third-order valence-corrected chi connectivity index (χ3v) is 4.91. The van der Waals surface area contributed by atoms with E-state index < -0.39 is 5.97 Å². The van der Waals surface area contributed by atoms with Crippen LogP contribution < -0.4 is 10.2 Å². The normalized spacial score (nSPS) is 27.3. The van der Waals surface area contributed by atoms with Gasteiger partial charge in [-0.15, -0.1) is 0 Å². The van der Waals surface area contributed by atoms with E-state index in [-0.39, 0.29) is 29.7 Å². The number of carbonyl (C=O) groups excluding carboxylic acids is 2. The average Bonchev–Trinajstić information content (AvgIpc) is 3.17. The molecule has 1 unspecified atom stereocenters. The number of amides is 2. The Kier molecular flexibility index (Phi) is 4.55. The molecule has 3 rings (SSSR count). The number of aromatic nitrogens is 2. The molecule has 2 aliphatic rings. The van der Waals surface area contributed by atoms with Crippen LogP contribution in [0.15, 0.2) is 12.4 Å². The summed E-state index contributed by atoms with van der Waals surface area (Å²) in [5.74, 6) is -1.52. The van der Waals surface area contributed by atoms with Crippen LogP contribution in [0.2, 0.25) is 0 Å². The van der Waals surface area contributed by atoms with Gasteiger partial charge in [0.2, 0.25) is 11.8 Å². The van der Waals surface area contributed by atoms with Crippen molar-refractivity contribution in [1.29, 1.82) is 0 Å². The highest BCUT2D eigenvalue weighted by Crippen LogP contribution is 2.27. The smallest absolute Gasteiger partial charge is 0.306 e. The Morgan fingerprint density at radius 1 is 1.29 bits per heavy atom. The molecule has 2 amide bonds. The van der Waals surface area contributed by atoms with E-state index >= 15 is 0 Å². The third kappa shape index (κ3) is 3.42. The molecule has 0 radical (unpaired) electrons. The number of nitrogens with one attached hydrogen (secondary N) is 1. The van der Waals surface area contributed by atoms with Gasteiger partial charge in [0, 0.05) is 32.3 Å². The molecule has 1 saturated carbocycles. The van der Waals surface area contributed by atoms with Gasteiger partial charge in [-0.25, -0.2) is 0 Å². The van der Waals surface area contributed by atoms with Crippen molar-refractivity contribution < 1.29 is 19.5 Å². The summed E-state index contributed by atoms with van der Waals surface area (Å²) in [7, 11) is 1.78. The maximum atomic E-state index is 12.5. The Labute approximate surface area is 139 Å². The summed E-state index contributed by atoms with van der Waals surface area (Å²) < 4.78 is 1.62. The van der Waals surface area contributed by atoms with Gasteiger partial charge in [0.1, 0.15) is 0 Å². The zero-order chi connectivity index (χ0) is 17.3. The topological polar surface area (TPSA) is 105 Å². The van der Waals surface area contributed by atoms with E-state index in [4.69, 9.17) is 5.11 Å². The fraction of sp³-hybridized carbons (Fsp3) is 0.625. The number of aryl methyl sites for hydroxylation is 1. The molecule has 1 saturated heterocycles. The molecule has 8 nitrogen and oxygen atoms in total. The summed E-state index contributed by atoms with van der Waals surface area (Å²) >= 11 is 0. The largest absolute Gasteiger partial charge is 0.481 e. The first kappa shape index (κ1) is 16.5. The summed E-state index contributed by atoms with van der Waals surface area (Å²) in [6, 6.07) is -0.0805. The van der Waals surface area contributed by atoms with E-state index in [1.165, 1.54) is 0 Å². The minimum absolute atomic E-state index is 0.00106. The van der Waals surface area contributed by atoms with Crippen LogP contribution in [0.3, 0.4) is 0 Å². The Morgan fingerprint density at radius 2 is 2.08 bits per heavy atom. The van der Waals surface area contributed by atoms with Gasteiger partial charge in [-0.3, -0.25) is 19.1 Å². The van der Waals surface area contributed by atoms with Crippen LogP contribution in [0.4, 0.5) is 5.69 Å². The number of aliphatic carboxylic acids is 1. The van der Waals surface area contributed by atoms with E-state index in [2.05, 4.69) is 10.4 Å². The number of hydrogen-bond acceptors (Lipinski definition) is 4. The lowest BCUT2D eigenvalue weighted by Gasteiger charge is -2.31. The first-order valence-corrected chi connectivity index (χ1v) is 8.26. The van der Waals surface area contributed by atoms with Gasteiger partial charge in [0.15, 0.2) is 0 Å². The number of nitrogens with zero attached hydrogens (tertiary/aromatic N) is 3. The molecule has 2 fully saturated rings. The molecule has 8 heteroatoms. The van der Waals surface area contributed by atoms with Crippen LogP contribution >= 0.6 is 0 Å². The zero-order valence-corrected chi connectivity index (χ0v) is 13.6. The third-order valence-electron chi connectivity index (χ3n) is 4.91. The monoisotopic (exact) mass is 334 g/mol. The maximum absolute atomic E-state index is 12.5. The quantitative estimate of drug-likeness (QED) is 0.836. The van der Waals surface area contributed by atoms with Crippen molar-refractivity contribution in [1.82, 2.24) is 15.1 Å². The van der Waals surface area contributed by atoms with Gasteiger partial charge in [-0.1, -0.05) is 0 Å². The van der Waals surface area contributed by atoms with Crippen molar-refractivity contribution in [3.8, 4) is 0 Å². The summed E-state index contributed by atoms with van der Waals surface area (Å²) in [6.45, 7) is 0.339. The summed E-state index contributed by atoms with van der Waals surface area (Å²) in [5.41, 5.74) is 0.701. The van der Waals surface area contributed by atoms with Gasteiger partial charge in [-0.2, -0.15) is 5.10 Å². The predicted octanol–water partition coefficient (Wildman–Crippen LogP) is 0.533. The maximum Gasteiger partial charge on any atom is 0.306 e.